The van der Waals surface area contributed by atoms with Crippen molar-refractivity contribution in [3.05, 3.63) is 0 Å². The largest absolute Gasteiger partial charge is 0.444 e. The number of hydrogen-bond donors (Lipinski definition) is 6. The van der Waals surface area contributed by atoms with Crippen molar-refractivity contribution >= 4 is 30.3 Å². The summed E-state index contributed by atoms with van der Waals surface area (Å²) in [7, 11) is 3.25. The van der Waals surface area contributed by atoms with Crippen LogP contribution in [0.25, 0.3) is 0 Å². The van der Waals surface area contributed by atoms with Crippen LogP contribution >= 0.6 is 0 Å². The number of aldehydes is 1. The Hall–Kier alpha value is -2.97. The fraction of sp³-hybridized carbons (Fsp3) is 0.833. The molecule has 0 saturated carbocycles. The molecule has 258 valence electrons. The third-order valence-electron chi connectivity index (χ3n) is 5.64. The van der Waals surface area contributed by atoms with Crippen LogP contribution in [-0.2, 0) is 28.6 Å². The first kappa shape index (κ1) is 43.2. The summed E-state index contributed by atoms with van der Waals surface area (Å²) in [4.78, 5) is 62.3. The first-order chi connectivity index (χ1) is 20.5. The van der Waals surface area contributed by atoms with Gasteiger partial charge >= 0.3 is 12.2 Å². The lowest BCUT2D eigenvalue weighted by atomic mass is 10.0. The lowest BCUT2D eigenvalue weighted by Crippen LogP contribution is -2.55. The summed E-state index contributed by atoms with van der Waals surface area (Å²) in [5.74, 6) is -1.06. The van der Waals surface area contributed by atoms with Crippen LogP contribution in [0.5, 0.6) is 0 Å². The van der Waals surface area contributed by atoms with Crippen molar-refractivity contribution in [3.63, 3.8) is 0 Å². The van der Waals surface area contributed by atoms with E-state index in [9.17, 15) is 24.0 Å². The van der Waals surface area contributed by atoms with Crippen molar-refractivity contribution in [2.24, 2.45) is 11.5 Å². The third-order valence-corrected chi connectivity index (χ3v) is 5.64. The lowest BCUT2D eigenvalue weighted by Gasteiger charge is -2.26. The molecule has 14 heteroatoms. The molecule has 0 bridgehead atoms. The topological polar surface area (TPSA) is 213 Å². The second-order valence-corrected chi connectivity index (χ2v) is 12.4. The van der Waals surface area contributed by atoms with E-state index in [1.165, 1.54) is 0 Å². The normalized spacial score (nSPS) is 13.2. The highest BCUT2D eigenvalue weighted by atomic mass is 16.6. The summed E-state index contributed by atoms with van der Waals surface area (Å²) in [5.41, 5.74) is 9.74. The van der Waals surface area contributed by atoms with Crippen molar-refractivity contribution in [3.8, 4) is 0 Å². The number of methoxy groups -OCH3 is 1. The van der Waals surface area contributed by atoms with Crippen molar-refractivity contribution in [1.29, 1.82) is 0 Å². The molecule has 0 spiro atoms. The van der Waals surface area contributed by atoms with Gasteiger partial charge in [-0.05, 0) is 112 Å². The molecular weight excluding hydrogens is 572 g/mol. The number of amides is 4. The first-order valence-corrected chi connectivity index (χ1v) is 15.4. The molecule has 0 saturated heterocycles. The maximum absolute atomic E-state index is 13.3. The number of ether oxygens (including phenoxy) is 3. The fourth-order valence-corrected chi connectivity index (χ4v) is 3.70. The van der Waals surface area contributed by atoms with Crippen LogP contribution in [0.15, 0.2) is 0 Å². The highest BCUT2D eigenvalue weighted by Gasteiger charge is 2.29. The zero-order valence-electron chi connectivity index (χ0n) is 28.2. The number of hydrogen-bond acceptors (Lipinski definition) is 10. The van der Waals surface area contributed by atoms with Gasteiger partial charge in [0, 0.05) is 20.8 Å². The zero-order valence-corrected chi connectivity index (χ0v) is 28.2. The second kappa shape index (κ2) is 24.4. The van der Waals surface area contributed by atoms with Gasteiger partial charge in [-0.2, -0.15) is 0 Å². The van der Waals surface area contributed by atoms with E-state index in [4.69, 9.17) is 20.9 Å². The number of carbonyl (C=O) groups excluding carboxylic acids is 5. The highest BCUT2D eigenvalue weighted by Crippen LogP contribution is 2.10. The second-order valence-electron chi connectivity index (χ2n) is 12.4. The monoisotopic (exact) mass is 632 g/mol. The number of nitrogens with one attached hydrogen (secondary N) is 4. The van der Waals surface area contributed by atoms with E-state index in [2.05, 4.69) is 26.0 Å². The average Bonchev–Trinajstić information content (AvgIpc) is 2.89. The van der Waals surface area contributed by atoms with Gasteiger partial charge in [0.25, 0.3) is 0 Å². The number of alkyl carbamates (subject to hydrolysis) is 2. The van der Waals surface area contributed by atoms with Gasteiger partial charge in [-0.25, -0.2) is 9.59 Å². The van der Waals surface area contributed by atoms with Crippen molar-refractivity contribution in [1.82, 2.24) is 21.3 Å². The minimum absolute atomic E-state index is 0.240. The predicted molar refractivity (Wildman–Crippen MR) is 170 cm³/mol. The fourth-order valence-electron chi connectivity index (χ4n) is 3.70. The van der Waals surface area contributed by atoms with Crippen LogP contribution in [0.4, 0.5) is 9.59 Å². The summed E-state index contributed by atoms with van der Waals surface area (Å²) in [6.07, 6.45) is 3.93. The molecule has 1 unspecified atom stereocenters. The van der Waals surface area contributed by atoms with Gasteiger partial charge in [-0.15, -0.1) is 0 Å². The summed E-state index contributed by atoms with van der Waals surface area (Å²) in [6.45, 7) is 11.7. The number of rotatable bonds is 19. The Bertz CT molecular complexity index is 829. The van der Waals surface area contributed by atoms with E-state index in [-0.39, 0.29) is 6.42 Å². The highest BCUT2D eigenvalue weighted by molar-refractivity contribution is 5.92. The Balaban J connectivity index is 0. The van der Waals surface area contributed by atoms with Crippen molar-refractivity contribution < 1.29 is 38.2 Å². The molecule has 0 aromatic carbocycles. The van der Waals surface area contributed by atoms with Gasteiger partial charge in [0.2, 0.25) is 11.8 Å². The molecule has 0 aromatic heterocycles. The molecule has 0 rings (SSSR count). The van der Waals surface area contributed by atoms with E-state index >= 15 is 0 Å². The van der Waals surface area contributed by atoms with Crippen LogP contribution in [0, 0.1) is 0 Å². The summed E-state index contributed by atoms with van der Waals surface area (Å²) in [6, 6.07) is -2.65. The Labute approximate surface area is 263 Å². The SMILES string of the molecule is CC(C)(C)OC(=O)NCCCCC(NC(=O)[C@H](CCCCN)NC(=O)OC(C)(C)C)C(=O)N[C@H](C=O)CCCCN.COC. The Kier molecular flexibility index (Phi) is 23.9. The minimum atomic E-state index is -0.974. The molecule has 44 heavy (non-hydrogen) atoms. The van der Waals surface area contributed by atoms with Gasteiger partial charge in [0.1, 0.15) is 29.6 Å². The van der Waals surface area contributed by atoms with E-state index in [1.54, 1.807) is 55.8 Å². The molecule has 0 aromatic rings. The van der Waals surface area contributed by atoms with E-state index < -0.39 is 53.3 Å². The first-order valence-electron chi connectivity index (χ1n) is 15.4. The molecular formula is C30H60N6O8. The van der Waals surface area contributed by atoms with E-state index in [0.29, 0.717) is 77.3 Å². The van der Waals surface area contributed by atoms with Crippen LogP contribution in [-0.4, -0.2) is 93.5 Å². The average molecular weight is 633 g/mol. The number of nitrogens with two attached hydrogens (primary N) is 2. The van der Waals surface area contributed by atoms with Gasteiger partial charge in [0.15, 0.2) is 0 Å². The molecule has 0 aliphatic carbocycles. The summed E-state index contributed by atoms with van der Waals surface area (Å²) in [5, 5.41) is 10.7. The predicted octanol–water partition coefficient (Wildman–Crippen LogP) is 2.26. The smallest absolute Gasteiger partial charge is 0.408 e. The molecule has 8 N–H and O–H groups in total. The Morgan fingerprint density at radius 1 is 0.659 bits per heavy atom. The van der Waals surface area contributed by atoms with Crippen LogP contribution < -0.4 is 32.7 Å². The van der Waals surface area contributed by atoms with Gasteiger partial charge in [-0.1, -0.05) is 0 Å². The Morgan fingerprint density at radius 2 is 1.09 bits per heavy atom. The standard InChI is InChI=1S/C28H54N6O7.C2H6O/c1-27(2,3)40-25(38)31-18-12-9-15-21(23(36)32-20(19-35)13-7-10-16-29)33-24(37)22(14-8-11-17-30)34-26(39)41-28(4,5)6;1-3-2/h19-22H,7-18,29-30H2,1-6H3,(H,31,38)(H,32,36)(H,33,37)(H,34,39);1-2H3/t20-,21?,22-;/m0./s1. The molecule has 0 radical (unpaired) electrons. The maximum atomic E-state index is 13.3. The summed E-state index contributed by atoms with van der Waals surface area (Å²) < 4.78 is 14.8. The van der Waals surface area contributed by atoms with Crippen LogP contribution in [0.2, 0.25) is 0 Å². The van der Waals surface area contributed by atoms with Crippen LogP contribution in [0.3, 0.4) is 0 Å². The van der Waals surface area contributed by atoms with E-state index in [1.807, 2.05) is 0 Å². The van der Waals surface area contributed by atoms with Gasteiger partial charge in [0.05, 0.1) is 6.04 Å². The maximum Gasteiger partial charge on any atom is 0.408 e. The molecule has 0 fully saturated rings. The number of unbranched alkanes of at least 4 members (excludes halogenated alkanes) is 3. The van der Waals surface area contributed by atoms with Crippen molar-refractivity contribution in [2.75, 3.05) is 33.9 Å². The quantitative estimate of drug-likeness (QED) is 0.0902. The molecule has 0 aliphatic rings. The molecule has 0 aliphatic heterocycles. The lowest BCUT2D eigenvalue weighted by molar-refractivity contribution is -0.131. The summed E-state index contributed by atoms with van der Waals surface area (Å²) >= 11 is 0. The molecule has 3 atom stereocenters. The molecule has 0 heterocycles. The zero-order chi connectivity index (χ0) is 34.2. The molecule has 4 amide bonds. The molecule has 14 nitrogen and oxygen atoms in total. The Morgan fingerprint density at radius 3 is 1.57 bits per heavy atom. The van der Waals surface area contributed by atoms with Crippen molar-refractivity contribution in [2.45, 2.75) is 129 Å². The van der Waals surface area contributed by atoms with Crippen LogP contribution in [0.1, 0.15) is 99.3 Å². The number of carbonyl (C=O) groups is 5. The third kappa shape index (κ3) is 25.5. The minimum Gasteiger partial charge on any atom is -0.444 e. The van der Waals surface area contributed by atoms with Gasteiger partial charge < -0.3 is 51.7 Å². The van der Waals surface area contributed by atoms with Gasteiger partial charge in [-0.3, -0.25) is 9.59 Å². The van der Waals surface area contributed by atoms with E-state index in [0.717, 1.165) is 0 Å².